The summed E-state index contributed by atoms with van der Waals surface area (Å²) in [6.07, 6.45) is 4.81. The second kappa shape index (κ2) is 7.58. The summed E-state index contributed by atoms with van der Waals surface area (Å²) in [5.41, 5.74) is 0. The molecular formula is C15H30N2O2. The number of nitrogens with one attached hydrogen (secondary N) is 1. The first-order valence-corrected chi connectivity index (χ1v) is 7.91. The lowest BCUT2D eigenvalue weighted by atomic mass is 9.86. The van der Waals surface area contributed by atoms with E-state index >= 15 is 0 Å². The second-order valence-electron chi connectivity index (χ2n) is 6.35. The van der Waals surface area contributed by atoms with Crippen molar-refractivity contribution < 1.29 is 9.84 Å². The van der Waals surface area contributed by atoms with Crippen molar-refractivity contribution >= 4 is 0 Å². The third-order valence-corrected chi connectivity index (χ3v) is 4.55. The van der Waals surface area contributed by atoms with Crippen molar-refractivity contribution in [2.75, 3.05) is 32.8 Å². The Morgan fingerprint density at radius 2 is 2.05 bits per heavy atom. The van der Waals surface area contributed by atoms with Crippen LogP contribution in [0.15, 0.2) is 0 Å². The van der Waals surface area contributed by atoms with Crippen molar-refractivity contribution in [1.82, 2.24) is 10.2 Å². The Kier molecular flexibility index (Phi) is 6.07. The molecule has 0 bridgehead atoms. The van der Waals surface area contributed by atoms with E-state index in [0.717, 1.165) is 45.6 Å². The highest BCUT2D eigenvalue weighted by Crippen LogP contribution is 2.23. The quantitative estimate of drug-likeness (QED) is 0.789. The van der Waals surface area contributed by atoms with Crippen LogP contribution in [0.4, 0.5) is 0 Å². The van der Waals surface area contributed by atoms with Gasteiger partial charge >= 0.3 is 0 Å². The van der Waals surface area contributed by atoms with Crippen LogP contribution in [0.1, 0.15) is 39.5 Å². The molecule has 0 spiro atoms. The van der Waals surface area contributed by atoms with E-state index in [9.17, 15) is 5.11 Å². The molecule has 0 radical (unpaired) electrons. The topological polar surface area (TPSA) is 44.7 Å². The summed E-state index contributed by atoms with van der Waals surface area (Å²) in [6.45, 7) is 9.25. The van der Waals surface area contributed by atoms with Crippen LogP contribution in [-0.4, -0.2) is 61.0 Å². The molecule has 19 heavy (non-hydrogen) atoms. The maximum absolute atomic E-state index is 9.94. The van der Waals surface area contributed by atoms with Crippen molar-refractivity contribution in [1.29, 1.82) is 0 Å². The third kappa shape index (κ3) is 4.71. The molecule has 0 aromatic heterocycles. The Hall–Kier alpha value is -0.160. The van der Waals surface area contributed by atoms with Gasteiger partial charge in [0.25, 0.3) is 0 Å². The molecule has 2 rings (SSSR count). The van der Waals surface area contributed by atoms with E-state index < -0.39 is 0 Å². The zero-order valence-electron chi connectivity index (χ0n) is 12.5. The molecule has 2 fully saturated rings. The number of aliphatic hydroxyl groups is 1. The van der Waals surface area contributed by atoms with Crippen LogP contribution in [0.25, 0.3) is 0 Å². The highest BCUT2D eigenvalue weighted by Gasteiger charge is 2.24. The Balaban J connectivity index is 1.64. The zero-order chi connectivity index (χ0) is 13.7. The SMILES string of the molecule is CC(C)N1CCOC(CNCC2CCCCC2O)C1. The molecule has 0 aromatic rings. The van der Waals surface area contributed by atoms with Crippen LogP contribution < -0.4 is 5.32 Å². The Morgan fingerprint density at radius 3 is 2.79 bits per heavy atom. The molecule has 1 saturated heterocycles. The average molecular weight is 270 g/mol. The van der Waals surface area contributed by atoms with E-state index in [1.54, 1.807) is 0 Å². The maximum atomic E-state index is 9.94. The number of hydrogen-bond acceptors (Lipinski definition) is 4. The minimum absolute atomic E-state index is 0.0966. The fraction of sp³-hybridized carbons (Fsp3) is 1.00. The number of hydrogen-bond donors (Lipinski definition) is 2. The van der Waals surface area contributed by atoms with E-state index in [2.05, 4.69) is 24.1 Å². The summed E-state index contributed by atoms with van der Waals surface area (Å²) in [7, 11) is 0. The summed E-state index contributed by atoms with van der Waals surface area (Å²) in [5.74, 6) is 0.443. The number of morpholine rings is 1. The third-order valence-electron chi connectivity index (χ3n) is 4.55. The molecule has 3 unspecified atom stereocenters. The van der Waals surface area contributed by atoms with Crippen LogP contribution in [0, 0.1) is 5.92 Å². The molecule has 0 aromatic carbocycles. The summed E-state index contributed by atoms with van der Waals surface area (Å²) >= 11 is 0. The predicted octanol–water partition coefficient (Wildman–Crippen LogP) is 1.24. The van der Waals surface area contributed by atoms with Gasteiger partial charge in [-0.3, -0.25) is 4.90 Å². The van der Waals surface area contributed by atoms with Crippen molar-refractivity contribution in [3.63, 3.8) is 0 Å². The van der Waals surface area contributed by atoms with Crippen LogP contribution in [0.5, 0.6) is 0 Å². The summed E-state index contributed by atoms with van der Waals surface area (Å²) < 4.78 is 5.81. The van der Waals surface area contributed by atoms with Gasteiger partial charge in [0, 0.05) is 32.2 Å². The van der Waals surface area contributed by atoms with Gasteiger partial charge in [0.2, 0.25) is 0 Å². The average Bonchev–Trinajstić information content (AvgIpc) is 2.41. The van der Waals surface area contributed by atoms with Crippen molar-refractivity contribution in [3.05, 3.63) is 0 Å². The summed E-state index contributed by atoms with van der Waals surface area (Å²) in [6, 6.07) is 0.603. The normalized spacial score (nSPS) is 33.8. The Morgan fingerprint density at radius 1 is 1.26 bits per heavy atom. The van der Waals surface area contributed by atoms with Crippen molar-refractivity contribution in [3.8, 4) is 0 Å². The molecule has 2 N–H and O–H groups in total. The Bertz CT molecular complexity index is 261. The van der Waals surface area contributed by atoms with Crippen molar-refractivity contribution in [2.24, 2.45) is 5.92 Å². The van der Waals surface area contributed by atoms with Crippen LogP contribution >= 0.6 is 0 Å². The molecule has 0 amide bonds. The van der Waals surface area contributed by atoms with Gasteiger partial charge in [-0.25, -0.2) is 0 Å². The van der Waals surface area contributed by atoms with E-state index in [4.69, 9.17) is 4.74 Å². The van der Waals surface area contributed by atoms with Gasteiger partial charge in [-0.1, -0.05) is 12.8 Å². The lowest BCUT2D eigenvalue weighted by Gasteiger charge is -2.36. The first-order valence-electron chi connectivity index (χ1n) is 7.91. The molecule has 1 saturated carbocycles. The highest BCUT2D eigenvalue weighted by molar-refractivity contribution is 4.79. The second-order valence-corrected chi connectivity index (χ2v) is 6.35. The minimum atomic E-state index is -0.0966. The van der Waals surface area contributed by atoms with Gasteiger partial charge in [-0.05, 0) is 32.6 Å². The molecule has 1 heterocycles. The lowest BCUT2D eigenvalue weighted by Crippen LogP contribution is -2.49. The smallest absolute Gasteiger partial charge is 0.0826 e. The van der Waals surface area contributed by atoms with Crippen molar-refractivity contribution in [2.45, 2.75) is 57.8 Å². The molecule has 1 aliphatic carbocycles. The van der Waals surface area contributed by atoms with Gasteiger partial charge in [-0.2, -0.15) is 0 Å². The lowest BCUT2D eigenvalue weighted by molar-refractivity contribution is -0.0383. The van der Waals surface area contributed by atoms with Crippen LogP contribution in [-0.2, 0) is 4.74 Å². The van der Waals surface area contributed by atoms with Gasteiger partial charge in [-0.15, -0.1) is 0 Å². The summed E-state index contributed by atoms with van der Waals surface area (Å²) in [5, 5.41) is 13.4. The predicted molar refractivity (Wildman–Crippen MR) is 77.3 cm³/mol. The first-order chi connectivity index (χ1) is 9.16. The monoisotopic (exact) mass is 270 g/mol. The van der Waals surface area contributed by atoms with Gasteiger partial charge in [0.05, 0.1) is 18.8 Å². The molecule has 2 aliphatic rings. The van der Waals surface area contributed by atoms with E-state index in [1.165, 1.54) is 12.8 Å². The number of ether oxygens (including phenoxy) is 1. The first kappa shape index (κ1) is 15.2. The fourth-order valence-corrected chi connectivity index (χ4v) is 3.19. The van der Waals surface area contributed by atoms with Crippen LogP contribution in [0.2, 0.25) is 0 Å². The van der Waals surface area contributed by atoms with E-state index in [1.807, 2.05) is 0 Å². The zero-order valence-corrected chi connectivity index (χ0v) is 12.5. The fourth-order valence-electron chi connectivity index (χ4n) is 3.19. The molecule has 4 nitrogen and oxygen atoms in total. The summed E-state index contributed by atoms with van der Waals surface area (Å²) in [4.78, 5) is 2.48. The standard InChI is InChI=1S/C15H30N2O2/c1-12(2)17-7-8-19-14(11-17)10-16-9-13-5-3-4-6-15(13)18/h12-16,18H,3-11H2,1-2H3. The molecule has 3 atom stereocenters. The number of nitrogens with zero attached hydrogens (tertiary/aromatic N) is 1. The Labute approximate surface area is 117 Å². The number of aliphatic hydroxyl groups excluding tert-OH is 1. The number of rotatable bonds is 5. The van der Waals surface area contributed by atoms with E-state index in [0.29, 0.717) is 18.1 Å². The molecule has 4 heteroatoms. The highest BCUT2D eigenvalue weighted by atomic mass is 16.5. The molecule has 112 valence electrons. The van der Waals surface area contributed by atoms with Gasteiger partial charge in [0.1, 0.15) is 0 Å². The minimum Gasteiger partial charge on any atom is -0.393 e. The van der Waals surface area contributed by atoms with Gasteiger partial charge in [0.15, 0.2) is 0 Å². The van der Waals surface area contributed by atoms with Gasteiger partial charge < -0.3 is 15.2 Å². The maximum Gasteiger partial charge on any atom is 0.0826 e. The van der Waals surface area contributed by atoms with Crippen LogP contribution in [0.3, 0.4) is 0 Å². The molecular weight excluding hydrogens is 240 g/mol. The molecule has 1 aliphatic heterocycles. The largest absolute Gasteiger partial charge is 0.393 e. The van der Waals surface area contributed by atoms with E-state index in [-0.39, 0.29) is 6.10 Å².